The van der Waals surface area contributed by atoms with Crippen molar-refractivity contribution < 1.29 is 24.2 Å². The summed E-state index contributed by atoms with van der Waals surface area (Å²) in [6.07, 6.45) is 2.21. The third-order valence-electron chi connectivity index (χ3n) is 7.44. The minimum atomic E-state index is -1.39. The van der Waals surface area contributed by atoms with Crippen molar-refractivity contribution in [3.63, 3.8) is 0 Å². The van der Waals surface area contributed by atoms with Crippen LogP contribution in [0.25, 0.3) is 0 Å². The molecule has 1 fully saturated rings. The summed E-state index contributed by atoms with van der Waals surface area (Å²) in [6, 6.07) is 18.7. The molecule has 1 amide bonds. The number of carbonyl (C=O) groups excluding carboxylic acids is 2. The Labute approximate surface area is 244 Å². The van der Waals surface area contributed by atoms with Crippen LogP contribution in [0.15, 0.2) is 65.6 Å². The van der Waals surface area contributed by atoms with Gasteiger partial charge in [-0.2, -0.15) is 0 Å². The average Bonchev–Trinajstić information content (AvgIpc) is 3.37. The second kappa shape index (κ2) is 12.1. The maximum Gasteiger partial charge on any atom is 0.347 e. The summed E-state index contributed by atoms with van der Waals surface area (Å²) >= 11 is 7.62. The number of nitrogens with zero attached hydrogens (tertiary/aromatic N) is 1. The fourth-order valence-corrected chi connectivity index (χ4v) is 5.66. The number of Topliss-reactive ketones (excluding diaryl/α,β-unsaturated/α-hetero) is 1. The summed E-state index contributed by atoms with van der Waals surface area (Å²) in [5, 5.41) is 10.2. The van der Waals surface area contributed by atoms with Gasteiger partial charge in [-0.05, 0) is 80.5 Å². The van der Waals surface area contributed by atoms with Gasteiger partial charge >= 0.3 is 5.97 Å². The molecule has 4 rings (SSSR count). The fourth-order valence-electron chi connectivity index (χ4n) is 5.13. The van der Waals surface area contributed by atoms with Crippen LogP contribution in [0.4, 0.5) is 0 Å². The summed E-state index contributed by atoms with van der Waals surface area (Å²) in [7, 11) is 0. The molecule has 2 atom stereocenters. The number of thioether (sulfide) groups is 1. The Hall–Kier alpha value is -3.29. The zero-order valence-corrected chi connectivity index (χ0v) is 24.9. The Morgan fingerprint density at radius 1 is 1.00 bits per heavy atom. The fraction of sp³-hybridized carbons (Fsp3) is 0.344. The molecule has 8 heteroatoms. The molecule has 1 N–H and O–H groups in total. The molecule has 0 bridgehead atoms. The van der Waals surface area contributed by atoms with E-state index in [0.717, 1.165) is 27.1 Å². The Morgan fingerprint density at radius 2 is 1.60 bits per heavy atom. The number of aryl methyl sites for hydroxylation is 2. The van der Waals surface area contributed by atoms with Crippen LogP contribution in [0.1, 0.15) is 52.4 Å². The number of hydrogen-bond acceptors (Lipinski definition) is 5. The molecule has 0 aliphatic carbocycles. The van der Waals surface area contributed by atoms with Gasteiger partial charge in [0, 0.05) is 40.4 Å². The summed E-state index contributed by atoms with van der Waals surface area (Å²) < 4.78 is 5.90. The van der Waals surface area contributed by atoms with E-state index in [1.165, 1.54) is 13.8 Å². The normalized spacial score (nSPS) is 17.1. The molecule has 1 saturated heterocycles. The average molecular weight is 580 g/mol. The lowest BCUT2D eigenvalue weighted by atomic mass is 9.82. The lowest BCUT2D eigenvalue weighted by Gasteiger charge is -2.26. The minimum absolute atomic E-state index is 0.00193. The molecule has 0 saturated carbocycles. The number of likely N-dealkylation sites (tertiary alicyclic amines) is 1. The monoisotopic (exact) mass is 579 g/mol. The quantitative estimate of drug-likeness (QED) is 0.227. The first kappa shape index (κ1) is 29.7. The zero-order chi connectivity index (χ0) is 29.2. The van der Waals surface area contributed by atoms with Crippen molar-refractivity contribution in [1.82, 2.24) is 4.90 Å². The molecule has 210 valence electrons. The molecule has 3 aromatic rings. The number of hydrogen-bond donors (Lipinski definition) is 1. The molecule has 1 heterocycles. The number of aliphatic carboxylic acids is 1. The van der Waals surface area contributed by atoms with Crippen LogP contribution in [0.5, 0.6) is 5.75 Å². The number of carbonyl (C=O) groups is 3. The Bertz CT molecular complexity index is 1400. The number of ether oxygens (including phenoxy) is 1. The number of benzene rings is 3. The third-order valence-corrected chi connectivity index (χ3v) is 8.43. The molecular weight excluding hydrogens is 546 g/mol. The highest BCUT2D eigenvalue weighted by Crippen LogP contribution is 2.39. The van der Waals surface area contributed by atoms with Gasteiger partial charge in [-0.1, -0.05) is 48.0 Å². The highest BCUT2D eigenvalue weighted by Gasteiger charge is 2.41. The zero-order valence-electron chi connectivity index (χ0n) is 23.4. The first-order valence-electron chi connectivity index (χ1n) is 13.1. The van der Waals surface area contributed by atoms with Crippen LogP contribution >= 0.6 is 23.4 Å². The molecular formula is C32H34ClNO5S. The maximum atomic E-state index is 13.8. The summed E-state index contributed by atoms with van der Waals surface area (Å²) in [5.41, 5.74) is 2.59. The third kappa shape index (κ3) is 6.53. The Balaban J connectivity index is 1.66. The largest absolute Gasteiger partial charge is 0.478 e. The van der Waals surface area contributed by atoms with E-state index in [1.807, 2.05) is 68.6 Å². The van der Waals surface area contributed by atoms with Gasteiger partial charge in [-0.15, -0.1) is 11.8 Å². The maximum absolute atomic E-state index is 13.8. The van der Waals surface area contributed by atoms with Gasteiger partial charge in [0.25, 0.3) is 0 Å². The van der Waals surface area contributed by atoms with Gasteiger partial charge in [0.05, 0.1) is 6.42 Å². The van der Waals surface area contributed by atoms with E-state index < -0.39 is 17.5 Å². The molecule has 3 aromatic carbocycles. The van der Waals surface area contributed by atoms with Gasteiger partial charge in [-0.3, -0.25) is 9.59 Å². The highest BCUT2D eigenvalue weighted by atomic mass is 35.5. The molecule has 0 radical (unpaired) electrons. The standard InChI is InChI=1S/C32H34ClNO5S/c1-19-14-23(15-20(2)30(19)39-32(3,4)31(37)38)26-17-34(28(35)16-21-6-10-24(33)11-7-21)18-27(26)29(36)22-8-12-25(40-5)13-9-22/h6-15,26-27H,16-18H2,1-5H3,(H,37,38). The number of rotatable bonds is 9. The van der Waals surface area contributed by atoms with Crippen LogP contribution in [0.2, 0.25) is 5.02 Å². The molecule has 0 aromatic heterocycles. The SMILES string of the molecule is CSc1ccc(C(=O)C2CN(C(=O)Cc3ccc(Cl)cc3)CC2c2cc(C)c(OC(C)(C)C(=O)O)c(C)c2)cc1. The van der Waals surface area contributed by atoms with Crippen molar-refractivity contribution in [1.29, 1.82) is 0 Å². The number of carboxylic acids is 1. The molecule has 6 nitrogen and oxygen atoms in total. The van der Waals surface area contributed by atoms with Crippen molar-refractivity contribution in [2.24, 2.45) is 5.92 Å². The summed E-state index contributed by atoms with van der Waals surface area (Å²) in [5.74, 6) is -1.23. The lowest BCUT2D eigenvalue weighted by Crippen LogP contribution is -2.38. The molecule has 0 spiro atoms. The second-order valence-corrected chi connectivity index (χ2v) is 12.1. The molecule has 1 aliphatic rings. The predicted octanol–water partition coefficient (Wildman–Crippen LogP) is 6.59. The van der Waals surface area contributed by atoms with Crippen molar-refractivity contribution in [2.45, 2.75) is 50.5 Å². The van der Waals surface area contributed by atoms with E-state index in [-0.39, 0.29) is 24.0 Å². The first-order valence-corrected chi connectivity index (χ1v) is 14.7. The predicted molar refractivity (Wildman–Crippen MR) is 159 cm³/mol. The van der Waals surface area contributed by atoms with E-state index in [4.69, 9.17) is 16.3 Å². The number of carboxylic acid groups (broad SMARTS) is 1. The lowest BCUT2D eigenvalue weighted by molar-refractivity contribution is -0.152. The number of ketones is 1. The van der Waals surface area contributed by atoms with Crippen molar-refractivity contribution in [3.8, 4) is 5.75 Å². The van der Waals surface area contributed by atoms with Gasteiger partial charge in [-0.25, -0.2) is 4.79 Å². The van der Waals surface area contributed by atoms with Crippen LogP contribution < -0.4 is 4.74 Å². The van der Waals surface area contributed by atoms with Gasteiger partial charge < -0.3 is 14.7 Å². The highest BCUT2D eigenvalue weighted by molar-refractivity contribution is 7.98. The van der Waals surface area contributed by atoms with E-state index in [1.54, 1.807) is 28.8 Å². The molecule has 2 unspecified atom stereocenters. The summed E-state index contributed by atoms with van der Waals surface area (Å²) in [4.78, 5) is 41.7. The van der Waals surface area contributed by atoms with Crippen LogP contribution in [-0.2, 0) is 16.0 Å². The van der Waals surface area contributed by atoms with Crippen molar-refractivity contribution in [3.05, 3.63) is 93.5 Å². The van der Waals surface area contributed by atoms with Crippen LogP contribution in [-0.4, -0.2) is 52.6 Å². The number of halogens is 1. The first-order chi connectivity index (χ1) is 18.9. The minimum Gasteiger partial charge on any atom is -0.478 e. The van der Waals surface area contributed by atoms with E-state index in [0.29, 0.717) is 29.4 Å². The molecule has 1 aliphatic heterocycles. The molecule has 40 heavy (non-hydrogen) atoms. The second-order valence-electron chi connectivity index (χ2n) is 10.8. The van der Waals surface area contributed by atoms with Crippen LogP contribution in [0.3, 0.4) is 0 Å². The van der Waals surface area contributed by atoms with E-state index in [2.05, 4.69) is 0 Å². The Morgan fingerprint density at radius 3 is 2.15 bits per heavy atom. The van der Waals surface area contributed by atoms with Gasteiger partial charge in [0.2, 0.25) is 5.91 Å². The Kier molecular flexibility index (Phi) is 8.96. The van der Waals surface area contributed by atoms with E-state index in [9.17, 15) is 19.5 Å². The van der Waals surface area contributed by atoms with Gasteiger partial charge in [0.15, 0.2) is 11.4 Å². The van der Waals surface area contributed by atoms with Gasteiger partial charge in [0.1, 0.15) is 5.75 Å². The van der Waals surface area contributed by atoms with Crippen LogP contribution in [0, 0.1) is 19.8 Å². The van der Waals surface area contributed by atoms with Crippen molar-refractivity contribution >= 4 is 41.0 Å². The van der Waals surface area contributed by atoms with Crippen molar-refractivity contribution in [2.75, 3.05) is 19.3 Å². The summed E-state index contributed by atoms with van der Waals surface area (Å²) in [6.45, 7) is 7.51. The topological polar surface area (TPSA) is 83.9 Å². The smallest absolute Gasteiger partial charge is 0.347 e. The number of amides is 1. The van der Waals surface area contributed by atoms with E-state index >= 15 is 0 Å².